The van der Waals surface area contributed by atoms with E-state index in [0.717, 1.165) is 52.3 Å². The fourth-order valence-corrected chi connectivity index (χ4v) is 5.81. The number of nitrogens with zero attached hydrogens (tertiary/aromatic N) is 2. The average Bonchev–Trinajstić information content (AvgIpc) is 3.37. The number of esters is 1. The maximum Gasteiger partial charge on any atom is 0.307 e. The molecule has 0 spiro atoms. The fourth-order valence-electron chi connectivity index (χ4n) is 5.81. The van der Waals surface area contributed by atoms with E-state index in [9.17, 15) is 9.59 Å². The first-order valence-corrected chi connectivity index (χ1v) is 15.3. The Bertz CT molecular complexity index is 1510. The van der Waals surface area contributed by atoms with Gasteiger partial charge in [0.1, 0.15) is 23.7 Å². The second-order valence-corrected chi connectivity index (χ2v) is 11.2. The molecule has 1 N–H and O–H groups in total. The lowest BCUT2D eigenvalue weighted by molar-refractivity contribution is -0.143. The quantitative estimate of drug-likeness (QED) is 0.173. The van der Waals surface area contributed by atoms with Crippen LogP contribution in [0.4, 0.5) is 5.69 Å². The van der Waals surface area contributed by atoms with Crippen molar-refractivity contribution in [2.24, 2.45) is 5.92 Å². The summed E-state index contributed by atoms with van der Waals surface area (Å²) in [5.74, 6) is 1.73. The summed E-state index contributed by atoms with van der Waals surface area (Å²) in [5.41, 5.74) is 4.33. The van der Waals surface area contributed by atoms with Crippen LogP contribution >= 0.6 is 0 Å². The maximum atomic E-state index is 12.9. The minimum absolute atomic E-state index is 0.000565. The Kier molecular flexibility index (Phi) is 9.97. The molecule has 226 valence electrons. The van der Waals surface area contributed by atoms with Crippen molar-refractivity contribution in [3.8, 4) is 5.75 Å². The molecule has 43 heavy (non-hydrogen) atoms. The predicted octanol–water partition coefficient (Wildman–Crippen LogP) is 7.47. The number of aromatic nitrogens is 1. The van der Waals surface area contributed by atoms with Gasteiger partial charge in [-0.05, 0) is 87.2 Å². The van der Waals surface area contributed by atoms with Crippen LogP contribution in [0.25, 0.3) is 11.0 Å². The van der Waals surface area contributed by atoms with Gasteiger partial charge in [0.25, 0.3) is 5.91 Å². The van der Waals surface area contributed by atoms with Crippen molar-refractivity contribution in [3.05, 3.63) is 89.4 Å². The molecule has 1 aliphatic rings. The zero-order valence-corrected chi connectivity index (χ0v) is 25.3. The number of hydrogen-bond donors (Lipinski definition) is 1. The van der Waals surface area contributed by atoms with Gasteiger partial charge in [-0.25, -0.2) is 0 Å². The van der Waals surface area contributed by atoms with Gasteiger partial charge in [-0.1, -0.05) is 25.3 Å². The summed E-state index contributed by atoms with van der Waals surface area (Å²) in [6.45, 7) is 4.94. The molecular weight excluding hydrogens is 542 g/mol. The van der Waals surface area contributed by atoms with Gasteiger partial charge in [-0.2, -0.15) is 0 Å². The Morgan fingerprint density at radius 1 is 1.07 bits per heavy atom. The van der Waals surface area contributed by atoms with E-state index in [-0.39, 0.29) is 24.3 Å². The number of amides is 1. The van der Waals surface area contributed by atoms with Gasteiger partial charge in [-0.15, -0.1) is 0 Å². The molecule has 0 radical (unpaired) electrons. The summed E-state index contributed by atoms with van der Waals surface area (Å²) >= 11 is 0. The SMILES string of the molecule is CCOC(=O)CCN(C)C(=O)c1ccc(NC(c2oc3ccc(OCc4ccccn4)cc3c2C)C2CCCCC2)cc1. The molecule has 1 aliphatic carbocycles. The largest absolute Gasteiger partial charge is 0.487 e. The van der Waals surface area contributed by atoms with Crippen molar-refractivity contribution >= 4 is 28.5 Å². The van der Waals surface area contributed by atoms with Crippen LogP contribution in [-0.2, 0) is 16.1 Å². The Balaban J connectivity index is 1.32. The second-order valence-electron chi connectivity index (χ2n) is 11.2. The van der Waals surface area contributed by atoms with Crippen LogP contribution in [-0.4, -0.2) is 42.0 Å². The number of pyridine rings is 1. The molecule has 4 aromatic rings. The normalized spacial score (nSPS) is 14.3. The summed E-state index contributed by atoms with van der Waals surface area (Å²) in [6.07, 6.45) is 7.89. The number of carbonyl (C=O) groups is 2. The molecule has 8 nitrogen and oxygen atoms in total. The summed E-state index contributed by atoms with van der Waals surface area (Å²) < 4.78 is 17.6. The minimum Gasteiger partial charge on any atom is -0.487 e. The van der Waals surface area contributed by atoms with E-state index in [1.807, 2.05) is 54.6 Å². The maximum absolute atomic E-state index is 12.9. The summed E-state index contributed by atoms with van der Waals surface area (Å²) in [7, 11) is 1.70. The van der Waals surface area contributed by atoms with Gasteiger partial charge < -0.3 is 24.1 Å². The number of furan rings is 1. The third-order valence-corrected chi connectivity index (χ3v) is 8.22. The molecule has 1 atom stereocenters. The number of ether oxygens (including phenoxy) is 2. The van der Waals surface area contributed by atoms with Crippen molar-refractivity contribution in [2.45, 2.75) is 65.0 Å². The third-order valence-electron chi connectivity index (χ3n) is 8.22. The fraction of sp³-hybridized carbons (Fsp3) is 0.400. The van der Waals surface area contributed by atoms with Gasteiger partial charge >= 0.3 is 5.97 Å². The summed E-state index contributed by atoms with van der Waals surface area (Å²) in [6, 6.07) is 19.3. The Morgan fingerprint density at radius 2 is 1.86 bits per heavy atom. The molecule has 8 heteroatoms. The Morgan fingerprint density at radius 3 is 2.58 bits per heavy atom. The summed E-state index contributed by atoms with van der Waals surface area (Å²) in [5, 5.41) is 4.80. The van der Waals surface area contributed by atoms with Crippen LogP contribution in [0.2, 0.25) is 0 Å². The molecule has 1 amide bonds. The standard InChI is InChI=1S/C35H41N3O5/c1-4-41-32(39)19-21-38(3)35(40)26-13-15-27(16-14-26)37-33(25-10-6-5-7-11-25)34-24(2)30-22-29(17-18-31(30)43-34)42-23-28-12-8-9-20-36-28/h8-9,12-18,20,22,25,33,37H,4-7,10-11,19,21,23H2,1-3H3. The molecule has 1 fully saturated rings. The number of fused-ring (bicyclic) bond motifs is 1. The smallest absolute Gasteiger partial charge is 0.307 e. The van der Waals surface area contributed by atoms with Crippen LogP contribution in [0.15, 0.2) is 71.3 Å². The zero-order chi connectivity index (χ0) is 30.2. The molecular formula is C35H41N3O5. The van der Waals surface area contributed by atoms with E-state index >= 15 is 0 Å². The van der Waals surface area contributed by atoms with Crippen molar-refractivity contribution in [1.29, 1.82) is 0 Å². The highest BCUT2D eigenvalue weighted by Crippen LogP contribution is 2.41. The minimum atomic E-state index is -0.301. The van der Waals surface area contributed by atoms with Gasteiger partial charge in [0.05, 0.1) is 24.8 Å². The van der Waals surface area contributed by atoms with E-state index in [1.54, 1.807) is 25.1 Å². The predicted molar refractivity (Wildman–Crippen MR) is 167 cm³/mol. The number of anilines is 1. The van der Waals surface area contributed by atoms with Gasteiger partial charge in [0.15, 0.2) is 0 Å². The number of hydrogen-bond acceptors (Lipinski definition) is 7. The van der Waals surface area contributed by atoms with Crippen LogP contribution in [0.3, 0.4) is 0 Å². The van der Waals surface area contributed by atoms with Crippen LogP contribution in [0.1, 0.15) is 78.9 Å². The van der Waals surface area contributed by atoms with E-state index in [4.69, 9.17) is 13.9 Å². The van der Waals surface area contributed by atoms with Crippen LogP contribution in [0, 0.1) is 12.8 Å². The average molecular weight is 584 g/mol. The van der Waals surface area contributed by atoms with E-state index in [0.29, 0.717) is 31.2 Å². The first kappa shape index (κ1) is 30.1. The van der Waals surface area contributed by atoms with E-state index < -0.39 is 0 Å². The van der Waals surface area contributed by atoms with Crippen molar-refractivity contribution in [1.82, 2.24) is 9.88 Å². The lowest BCUT2D eigenvalue weighted by Crippen LogP contribution is -2.29. The van der Waals surface area contributed by atoms with Crippen LogP contribution in [0.5, 0.6) is 5.75 Å². The molecule has 0 aliphatic heterocycles. The molecule has 5 rings (SSSR count). The molecule has 2 aromatic heterocycles. The Labute approximate surface area is 253 Å². The van der Waals surface area contributed by atoms with Crippen LogP contribution < -0.4 is 10.1 Å². The number of aryl methyl sites for hydroxylation is 1. The van der Waals surface area contributed by atoms with Gasteiger partial charge in [0, 0.05) is 42.0 Å². The molecule has 1 saturated carbocycles. The third kappa shape index (κ3) is 7.55. The van der Waals surface area contributed by atoms with Crippen molar-refractivity contribution in [2.75, 3.05) is 25.5 Å². The Hall–Kier alpha value is -4.33. The monoisotopic (exact) mass is 583 g/mol. The van der Waals surface area contributed by atoms with Crippen molar-refractivity contribution in [3.63, 3.8) is 0 Å². The first-order valence-electron chi connectivity index (χ1n) is 15.3. The van der Waals surface area contributed by atoms with E-state index in [1.165, 1.54) is 19.3 Å². The van der Waals surface area contributed by atoms with Gasteiger partial charge in [-0.3, -0.25) is 14.6 Å². The number of carbonyl (C=O) groups excluding carboxylic acids is 2. The van der Waals surface area contributed by atoms with E-state index in [2.05, 4.69) is 23.3 Å². The highest BCUT2D eigenvalue weighted by Gasteiger charge is 2.30. The lowest BCUT2D eigenvalue weighted by Gasteiger charge is -2.31. The molecule has 1 unspecified atom stereocenters. The second kappa shape index (κ2) is 14.2. The highest BCUT2D eigenvalue weighted by atomic mass is 16.5. The topological polar surface area (TPSA) is 93.9 Å². The lowest BCUT2D eigenvalue weighted by atomic mass is 9.82. The number of rotatable bonds is 12. The number of nitrogens with one attached hydrogen (secondary N) is 1. The first-order chi connectivity index (χ1) is 20.9. The summed E-state index contributed by atoms with van der Waals surface area (Å²) in [4.78, 5) is 30.5. The zero-order valence-electron chi connectivity index (χ0n) is 25.3. The molecule has 2 aromatic carbocycles. The molecule has 2 heterocycles. The molecule has 0 bridgehead atoms. The molecule has 0 saturated heterocycles. The van der Waals surface area contributed by atoms with Gasteiger partial charge in [0.2, 0.25) is 0 Å². The van der Waals surface area contributed by atoms with Crippen molar-refractivity contribution < 1.29 is 23.5 Å². The number of benzene rings is 2. The highest BCUT2D eigenvalue weighted by molar-refractivity contribution is 5.94.